The first-order valence-electron chi connectivity index (χ1n) is 11.7. The molecule has 0 aromatic carbocycles. The van der Waals surface area contributed by atoms with Crippen LogP contribution in [0.25, 0.3) is 11.0 Å². The molecule has 3 aromatic heterocycles. The summed E-state index contributed by atoms with van der Waals surface area (Å²) in [6, 6.07) is 4.60. The molecule has 3 aliphatic heterocycles. The van der Waals surface area contributed by atoms with E-state index in [2.05, 4.69) is 20.2 Å². The number of nitrogens with one attached hydrogen (secondary N) is 1. The lowest BCUT2D eigenvalue weighted by Gasteiger charge is -2.30. The van der Waals surface area contributed by atoms with Crippen LogP contribution >= 0.6 is 12.4 Å². The Morgan fingerprint density at radius 1 is 1.11 bits per heavy atom. The standard InChI is InChI=1S/C24H26FN5O5.ClH/c25-17-8-28-18-1-2-22(32)30-16(13-35-24(17)23(18)30)11-29-10-14(19(31)12-29)6-26-7-15-5-20-21(9-27-15)34-4-3-33-20;/h1-2,5,8-9,14,16,19,26,31H,3-4,6-7,10-13H2;1H/t14-,16-,19-;/m1./s1. The number of fused-ring (bicyclic) bond motifs is 1. The summed E-state index contributed by atoms with van der Waals surface area (Å²) < 4.78 is 32.7. The first kappa shape index (κ1) is 24.7. The second-order valence-corrected chi connectivity index (χ2v) is 9.17. The van der Waals surface area contributed by atoms with Gasteiger partial charge in [-0.15, -0.1) is 12.4 Å². The van der Waals surface area contributed by atoms with E-state index in [1.54, 1.807) is 16.8 Å². The predicted octanol–water partition coefficient (Wildman–Crippen LogP) is 1.14. The number of hydrogen-bond acceptors (Lipinski definition) is 9. The monoisotopic (exact) mass is 519 g/mol. The fourth-order valence-corrected chi connectivity index (χ4v) is 5.12. The Morgan fingerprint density at radius 3 is 2.81 bits per heavy atom. The number of ether oxygens (including phenoxy) is 3. The van der Waals surface area contributed by atoms with E-state index in [1.165, 1.54) is 6.07 Å². The molecule has 0 amide bonds. The molecular formula is C24H27ClFN5O5. The van der Waals surface area contributed by atoms with Crippen molar-refractivity contribution in [3.63, 3.8) is 0 Å². The number of rotatable bonds is 6. The SMILES string of the molecule is Cl.O=c1ccc2ncc(F)c3c2n1[C@H](CN1C[C@@H](CNCc2cc4c(cn2)OCCO4)[C@H](O)C1)CO3. The Morgan fingerprint density at radius 2 is 1.94 bits per heavy atom. The van der Waals surface area contributed by atoms with Crippen molar-refractivity contribution >= 4 is 23.4 Å². The third-order valence-corrected chi connectivity index (χ3v) is 6.79. The molecule has 6 rings (SSSR count). The van der Waals surface area contributed by atoms with Gasteiger partial charge >= 0.3 is 0 Å². The van der Waals surface area contributed by atoms with Gasteiger partial charge in [-0.05, 0) is 6.07 Å². The largest absolute Gasteiger partial charge is 0.486 e. The maximum Gasteiger partial charge on any atom is 0.251 e. The summed E-state index contributed by atoms with van der Waals surface area (Å²) in [4.78, 5) is 23.3. The first-order valence-corrected chi connectivity index (χ1v) is 11.7. The van der Waals surface area contributed by atoms with E-state index < -0.39 is 11.9 Å². The summed E-state index contributed by atoms with van der Waals surface area (Å²) in [6.45, 7) is 4.05. The molecule has 3 aliphatic rings. The minimum atomic E-state index is -0.578. The van der Waals surface area contributed by atoms with Gasteiger partial charge in [0.2, 0.25) is 0 Å². The summed E-state index contributed by atoms with van der Waals surface area (Å²) in [6.07, 6.45) is 2.28. The Balaban J connectivity index is 0.00000267. The van der Waals surface area contributed by atoms with Crippen molar-refractivity contribution in [2.75, 3.05) is 46.0 Å². The van der Waals surface area contributed by atoms with E-state index in [0.29, 0.717) is 68.5 Å². The number of likely N-dealkylation sites (tertiary alicyclic amines) is 1. The molecule has 36 heavy (non-hydrogen) atoms. The lowest BCUT2D eigenvalue weighted by Crippen LogP contribution is -2.40. The number of pyridine rings is 3. The quantitative estimate of drug-likeness (QED) is 0.495. The van der Waals surface area contributed by atoms with Gasteiger partial charge < -0.3 is 24.6 Å². The number of aliphatic hydroxyl groups excluding tert-OH is 1. The van der Waals surface area contributed by atoms with E-state index in [4.69, 9.17) is 14.2 Å². The van der Waals surface area contributed by atoms with Gasteiger partial charge in [-0.25, -0.2) is 4.39 Å². The van der Waals surface area contributed by atoms with Crippen LogP contribution < -0.4 is 25.1 Å². The zero-order valence-electron chi connectivity index (χ0n) is 19.4. The molecule has 0 bridgehead atoms. The smallest absolute Gasteiger partial charge is 0.251 e. The Kier molecular flexibility index (Phi) is 6.98. The van der Waals surface area contributed by atoms with Gasteiger partial charge in [0.1, 0.15) is 25.3 Å². The van der Waals surface area contributed by atoms with Crippen LogP contribution in [-0.4, -0.2) is 76.6 Å². The minimum Gasteiger partial charge on any atom is -0.486 e. The molecular weight excluding hydrogens is 493 g/mol. The lowest BCUT2D eigenvalue weighted by molar-refractivity contribution is 0.134. The van der Waals surface area contributed by atoms with Gasteiger partial charge in [-0.1, -0.05) is 0 Å². The molecule has 3 atom stereocenters. The molecule has 3 aromatic rings. The second kappa shape index (κ2) is 10.2. The van der Waals surface area contributed by atoms with Crippen molar-refractivity contribution in [1.29, 1.82) is 0 Å². The van der Waals surface area contributed by atoms with Crippen LogP contribution in [0.3, 0.4) is 0 Å². The molecule has 10 nitrogen and oxygen atoms in total. The average molecular weight is 520 g/mol. The maximum atomic E-state index is 14.3. The van der Waals surface area contributed by atoms with Crippen LogP contribution in [0.1, 0.15) is 11.7 Å². The summed E-state index contributed by atoms with van der Waals surface area (Å²) in [5.41, 5.74) is 1.52. The zero-order valence-corrected chi connectivity index (χ0v) is 20.2. The van der Waals surface area contributed by atoms with Gasteiger partial charge in [0, 0.05) is 50.8 Å². The number of hydrogen-bond donors (Lipinski definition) is 2. The van der Waals surface area contributed by atoms with Crippen molar-refractivity contribution in [2.24, 2.45) is 5.92 Å². The first-order chi connectivity index (χ1) is 17.1. The van der Waals surface area contributed by atoms with Crippen molar-refractivity contribution in [3.05, 3.63) is 52.5 Å². The van der Waals surface area contributed by atoms with Crippen molar-refractivity contribution in [2.45, 2.75) is 18.7 Å². The van der Waals surface area contributed by atoms with E-state index in [-0.39, 0.29) is 42.3 Å². The van der Waals surface area contributed by atoms with Crippen molar-refractivity contribution in [1.82, 2.24) is 24.8 Å². The van der Waals surface area contributed by atoms with E-state index >= 15 is 0 Å². The molecule has 0 saturated carbocycles. The van der Waals surface area contributed by atoms with Crippen LogP contribution in [0, 0.1) is 11.7 Å². The normalized spacial score (nSPS) is 22.8. The average Bonchev–Trinajstić information content (AvgIpc) is 3.21. The molecule has 0 radical (unpaired) electrons. The van der Waals surface area contributed by atoms with Gasteiger partial charge in [0.25, 0.3) is 5.56 Å². The summed E-state index contributed by atoms with van der Waals surface area (Å²) in [5, 5.41) is 14.0. The second-order valence-electron chi connectivity index (χ2n) is 9.17. The van der Waals surface area contributed by atoms with Gasteiger partial charge in [0.05, 0.1) is 35.8 Å². The zero-order chi connectivity index (χ0) is 23.9. The van der Waals surface area contributed by atoms with Gasteiger partial charge in [-0.2, -0.15) is 0 Å². The minimum absolute atomic E-state index is 0. The fourth-order valence-electron chi connectivity index (χ4n) is 5.12. The molecule has 1 saturated heterocycles. The number of aromatic nitrogens is 3. The lowest BCUT2D eigenvalue weighted by atomic mass is 10.1. The summed E-state index contributed by atoms with van der Waals surface area (Å²) >= 11 is 0. The number of halogens is 2. The molecule has 1 fully saturated rings. The van der Waals surface area contributed by atoms with Crippen molar-refractivity contribution < 1.29 is 23.7 Å². The maximum absolute atomic E-state index is 14.3. The highest BCUT2D eigenvalue weighted by atomic mass is 35.5. The number of nitrogens with zero attached hydrogens (tertiary/aromatic N) is 4. The molecule has 12 heteroatoms. The summed E-state index contributed by atoms with van der Waals surface area (Å²) in [5.74, 6) is 0.873. The molecule has 0 spiro atoms. The van der Waals surface area contributed by atoms with E-state index in [0.717, 1.165) is 11.9 Å². The van der Waals surface area contributed by atoms with E-state index in [1.807, 2.05) is 6.07 Å². The van der Waals surface area contributed by atoms with Crippen LogP contribution in [0.4, 0.5) is 4.39 Å². The number of aliphatic hydroxyl groups is 1. The molecule has 0 unspecified atom stereocenters. The summed E-state index contributed by atoms with van der Waals surface area (Å²) in [7, 11) is 0. The van der Waals surface area contributed by atoms with Crippen LogP contribution in [0.5, 0.6) is 17.2 Å². The van der Waals surface area contributed by atoms with Gasteiger partial charge in [-0.3, -0.25) is 24.2 Å². The topological polar surface area (TPSA) is 111 Å². The third-order valence-electron chi connectivity index (χ3n) is 6.79. The number of β-amino-alcohol motifs (C(OH)–C–C–N with tert-alkyl or cyclic N) is 1. The highest BCUT2D eigenvalue weighted by Crippen LogP contribution is 2.33. The highest BCUT2D eigenvalue weighted by Gasteiger charge is 2.34. The molecule has 2 N–H and O–H groups in total. The van der Waals surface area contributed by atoms with Gasteiger partial charge in [0.15, 0.2) is 23.1 Å². The van der Waals surface area contributed by atoms with Crippen LogP contribution in [0.15, 0.2) is 35.4 Å². The Labute approximate surface area is 212 Å². The highest BCUT2D eigenvalue weighted by molar-refractivity contribution is 5.85. The molecule has 0 aliphatic carbocycles. The van der Waals surface area contributed by atoms with E-state index in [9.17, 15) is 14.3 Å². The van der Waals surface area contributed by atoms with Crippen molar-refractivity contribution in [3.8, 4) is 17.2 Å². The Hall–Kier alpha value is -2.99. The van der Waals surface area contributed by atoms with Crippen LogP contribution in [0.2, 0.25) is 0 Å². The molecule has 6 heterocycles. The molecule has 192 valence electrons. The van der Waals surface area contributed by atoms with Crippen LogP contribution in [-0.2, 0) is 6.54 Å². The predicted molar refractivity (Wildman–Crippen MR) is 131 cm³/mol. The third kappa shape index (κ3) is 4.59. The Bertz CT molecular complexity index is 1320. The fraction of sp³-hybridized carbons (Fsp3) is 0.458.